The molecule has 1 N–H and O–H groups in total. The second-order valence-electron chi connectivity index (χ2n) is 6.89. The number of fused-ring (bicyclic) bond motifs is 1. The van der Waals surface area contributed by atoms with Crippen LogP contribution in [0.5, 0.6) is 5.75 Å². The lowest BCUT2D eigenvalue weighted by Crippen LogP contribution is -2.41. The third-order valence-corrected chi connectivity index (χ3v) is 6.37. The number of alkyl halides is 4. The summed E-state index contributed by atoms with van der Waals surface area (Å²) in [5.41, 5.74) is -6.81. The number of sulfone groups is 1. The Labute approximate surface area is 147 Å². The molecule has 0 aliphatic heterocycles. The van der Waals surface area contributed by atoms with Gasteiger partial charge >= 0.3 is 5.51 Å². The first kappa shape index (κ1) is 18.9. The maximum atomic E-state index is 13.9. The zero-order chi connectivity index (χ0) is 19.5. The van der Waals surface area contributed by atoms with Crippen molar-refractivity contribution in [2.24, 2.45) is 5.41 Å². The Balaban J connectivity index is 2.01. The SMILES string of the molecule is CC1(C#N)CC(Oc2ccc(S(=O)(=O)C(F)(F)F)c3c2C[C@H](F)[C@H]3O)C1. The van der Waals surface area contributed by atoms with Crippen molar-refractivity contribution < 1.29 is 35.8 Å². The molecule has 0 unspecified atom stereocenters. The number of hydrogen-bond donors (Lipinski definition) is 1. The van der Waals surface area contributed by atoms with E-state index in [0.29, 0.717) is 18.9 Å². The van der Waals surface area contributed by atoms with Gasteiger partial charge in [0, 0.05) is 30.4 Å². The normalized spacial score (nSPS) is 31.0. The van der Waals surface area contributed by atoms with Crippen molar-refractivity contribution in [1.29, 1.82) is 5.26 Å². The van der Waals surface area contributed by atoms with Crippen LogP contribution in [0.4, 0.5) is 17.6 Å². The summed E-state index contributed by atoms with van der Waals surface area (Å²) in [5, 5.41) is 18.9. The highest BCUT2D eigenvalue weighted by molar-refractivity contribution is 7.92. The Kier molecular flexibility index (Phi) is 4.24. The van der Waals surface area contributed by atoms with Crippen LogP contribution >= 0.6 is 0 Å². The summed E-state index contributed by atoms with van der Waals surface area (Å²) in [5.74, 6) is 0.0327. The van der Waals surface area contributed by atoms with Gasteiger partial charge in [0.1, 0.15) is 24.1 Å². The van der Waals surface area contributed by atoms with Crippen molar-refractivity contribution >= 4 is 9.84 Å². The molecule has 0 spiro atoms. The van der Waals surface area contributed by atoms with Crippen molar-refractivity contribution in [2.75, 3.05) is 0 Å². The van der Waals surface area contributed by atoms with Gasteiger partial charge in [0.2, 0.25) is 0 Å². The van der Waals surface area contributed by atoms with E-state index in [1.54, 1.807) is 6.92 Å². The van der Waals surface area contributed by atoms with Crippen LogP contribution in [0.3, 0.4) is 0 Å². The number of hydrogen-bond acceptors (Lipinski definition) is 5. The van der Waals surface area contributed by atoms with E-state index >= 15 is 0 Å². The van der Waals surface area contributed by atoms with E-state index in [1.807, 2.05) is 0 Å². The number of benzene rings is 1. The lowest BCUT2D eigenvalue weighted by molar-refractivity contribution is -0.0437. The van der Waals surface area contributed by atoms with Crippen LogP contribution in [0.25, 0.3) is 0 Å². The van der Waals surface area contributed by atoms with Crippen LogP contribution in [0, 0.1) is 16.7 Å². The van der Waals surface area contributed by atoms with Crippen LogP contribution in [0.1, 0.15) is 37.0 Å². The molecule has 0 heterocycles. The summed E-state index contributed by atoms with van der Waals surface area (Å²) in [6, 6.07) is 3.85. The molecular weight excluding hydrogens is 378 g/mol. The van der Waals surface area contributed by atoms with Crippen LogP contribution in [-0.2, 0) is 16.3 Å². The van der Waals surface area contributed by atoms with Crippen molar-refractivity contribution in [2.45, 2.75) is 55.0 Å². The van der Waals surface area contributed by atoms with Gasteiger partial charge in [-0.3, -0.25) is 0 Å². The molecule has 10 heteroatoms. The topological polar surface area (TPSA) is 87.4 Å². The first-order chi connectivity index (χ1) is 11.9. The van der Waals surface area contributed by atoms with Crippen LogP contribution in [-0.4, -0.2) is 31.3 Å². The van der Waals surface area contributed by atoms with Crippen molar-refractivity contribution in [3.05, 3.63) is 23.3 Å². The minimum Gasteiger partial charge on any atom is -0.490 e. The molecule has 0 amide bonds. The van der Waals surface area contributed by atoms with E-state index in [0.717, 1.165) is 6.07 Å². The molecule has 1 aromatic rings. The van der Waals surface area contributed by atoms with Gasteiger partial charge in [-0.1, -0.05) is 0 Å². The number of nitrogens with zero attached hydrogens (tertiary/aromatic N) is 1. The highest BCUT2D eigenvalue weighted by atomic mass is 32.2. The van der Waals surface area contributed by atoms with Crippen LogP contribution in [0.2, 0.25) is 0 Å². The standard InChI is InChI=1S/C16H15F4NO4S/c1-15(7-21)5-8(6-15)25-11-2-3-12(26(23,24)16(18,19)20)13-9(11)4-10(17)14(13)22/h2-3,8,10,14,22H,4-6H2,1H3/t8?,10-,14+,15?/m0/s1. The van der Waals surface area contributed by atoms with Crippen LogP contribution in [0.15, 0.2) is 17.0 Å². The second kappa shape index (κ2) is 5.82. The van der Waals surface area contributed by atoms with E-state index in [4.69, 9.17) is 10.00 Å². The number of aliphatic hydroxyl groups is 1. The number of nitriles is 1. The molecule has 26 heavy (non-hydrogen) atoms. The molecule has 0 aromatic heterocycles. The summed E-state index contributed by atoms with van der Waals surface area (Å²) < 4.78 is 81.7. The van der Waals surface area contributed by atoms with Gasteiger partial charge in [-0.2, -0.15) is 18.4 Å². The minimum atomic E-state index is -5.74. The zero-order valence-corrected chi connectivity index (χ0v) is 14.4. The number of aliphatic hydroxyl groups excluding tert-OH is 1. The first-order valence-electron chi connectivity index (χ1n) is 7.77. The molecular formula is C16H15F4NO4S. The average molecular weight is 393 g/mol. The van der Waals surface area contributed by atoms with E-state index in [9.17, 15) is 31.1 Å². The zero-order valence-electron chi connectivity index (χ0n) is 13.5. The Morgan fingerprint density at radius 3 is 2.50 bits per heavy atom. The fraction of sp³-hybridized carbons (Fsp3) is 0.562. The van der Waals surface area contributed by atoms with Crippen molar-refractivity contribution in [1.82, 2.24) is 0 Å². The Hall–Kier alpha value is -1.86. The lowest BCUT2D eigenvalue weighted by atomic mass is 9.69. The molecule has 1 fully saturated rings. The van der Waals surface area contributed by atoms with Gasteiger partial charge in [-0.25, -0.2) is 12.8 Å². The molecule has 3 rings (SSSR count). The maximum Gasteiger partial charge on any atom is 0.501 e. The summed E-state index contributed by atoms with van der Waals surface area (Å²) >= 11 is 0. The number of halogens is 4. The largest absolute Gasteiger partial charge is 0.501 e. The molecule has 0 saturated heterocycles. The van der Waals surface area contributed by atoms with Gasteiger partial charge in [0.15, 0.2) is 0 Å². The molecule has 142 valence electrons. The number of ether oxygens (including phenoxy) is 1. The second-order valence-corrected chi connectivity index (χ2v) is 8.80. The molecule has 2 aliphatic rings. The fourth-order valence-electron chi connectivity index (χ4n) is 3.41. The maximum absolute atomic E-state index is 13.9. The van der Waals surface area contributed by atoms with Gasteiger partial charge in [0.25, 0.3) is 9.84 Å². The number of rotatable bonds is 3. The fourth-order valence-corrected chi connectivity index (χ4v) is 4.44. The third kappa shape index (κ3) is 2.83. The lowest BCUT2D eigenvalue weighted by Gasteiger charge is -2.39. The predicted molar refractivity (Wildman–Crippen MR) is 80.6 cm³/mol. The molecule has 2 atom stereocenters. The van der Waals surface area contributed by atoms with E-state index < -0.39 is 49.9 Å². The Morgan fingerprint density at radius 1 is 1.35 bits per heavy atom. The third-order valence-electron chi connectivity index (χ3n) is 4.83. The summed E-state index contributed by atoms with van der Waals surface area (Å²) in [6.07, 6.45) is -3.96. The summed E-state index contributed by atoms with van der Waals surface area (Å²) in [7, 11) is -5.74. The summed E-state index contributed by atoms with van der Waals surface area (Å²) in [4.78, 5) is -1.16. The van der Waals surface area contributed by atoms with Crippen molar-refractivity contribution in [3.8, 4) is 11.8 Å². The monoisotopic (exact) mass is 393 g/mol. The van der Waals surface area contributed by atoms with E-state index in [-0.39, 0.29) is 17.4 Å². The smallest absolute Gasteiger partial charge is 0.490 e. The Bertz CT molecular complexity index is 885. The van der Waals surface area contributed by atoms with Gasteiger partial charge in [-0.15, -0.1) is 0 Å². The Morgan fingerprint density at radius 2 is 1.96 bits per heavy atom. The van der Waals surface area contributed by atoms with E-state index in [1.165, 1.54) is 0 Å². The van der Waals surface area contributed by atoms with E-state index in [2.05, 4.69) is 6.07 Å². The average Bonchev–Trinajstić information content (AvgIpc) is 2.81. The molecule has 1 aromatic carbocycles. The van der Waals surface area contributed by atoms with Gasteiger partial charge in [0.05, 0.1) is 16.4 Å². The van der Waals surface area contributed by atoms with Crippen LogP contribution < -0.4 is 4.74 Å². The molecule has 2 aliphatic carbocycles. The predicted octanol–water partition coefficient (Wildman–Crippen LogP) is 2.98. The molecule has 5 nitrogen and oxygen atoms in total. The molecule has 0 radical (unpaired) electrons. The minimum absolute atomic E-state index is 0.0327. The first-order valence-corrected chi connectivity index (χ1v) is 9.25. The molecule has 1 saturated carbocycles. The highest BCUT2D eigenvalue weighted by Crippen LogP contribution is 2.47. The molecule has 0 bridgehead atoms. The highest BCUT2D eigenvalue weighted by Gasteiger charge is 2.51. The summed E-state index contributed by atoms with van der Waals surface area (Å²) in [6.45, 7) is 1.73. The van der Waals surface area contributed by atoms with Gasteiger partial charge in [-0.05, 0) is 19.1 Å². The van der Waals surface area contributed by atoms with Gasteiger partial charge < -0.3 is 9.84 Å². The van der Waals surface area contributed by atoms with Crippen molar-refractivity contribution in [3.63, 3.8) is 0 Å². The quantitative estimate of drug-likeness (QED) is 0.798.